The van der Waals surface area contributed by atoms with Crippen LogP contribution >= 0.6 is 0 Å². The van der Waals surface area contributed by atoms with Crippen LogP contribution in [0.25, 0.3) is 11.3 Å². The van der Waals surface area contributed by atoms with Crippen molar-refractivity contribution in [1.82, 2.24) is 9.97 Å². The maximum absolute atomic E-state index is 12.8. The minimum atomic E-state index is -4.93. The second kappa shape index (κ2) is 9.58. The number of nitrogens with one attached hydrogen (secondary N) is 1. The molecule has 9 nitrogen and oxygen atoms in total. The number of amides is 1. The van der Waals surface area contributed by atoms with Gasteiger partial charge < -0.3 is 26.3 Å². The molecule has 0 saturated carbocycles. The smallest absolute Gasteiger partial charge is 0.494 e. The van der Waals surface area contributed by atoms with Crippen molar-refractivity contribution in [3.05, 3.63) is 36.7 Å². The first-order valence-corrected chi connectivity index (χ1v) is 8.50. The molecule has 2 rings (SSSR count). The number of alkyl halides is 3. The lowest BCUT2D eigenvalue weighted by atomic mass is 10.1. The molecule has 12 heteroatoms. The number of benzene rings is 1. The Morgan fingerprint density at radius 1 is 1.37 bits per heavy atom. The topological polar surface area (TPSA) is 138 Å². The summed E-state index contributed by atoms with van der Waals surface area (Å²) >= 11 is 0. The van der Waals surface area contributed by atoms with Crippen LogP contribution in [-0.2, 0) is 4.79 Å². The van der Waals surface area contributed by atoms with Crippen LogP contribution in [0.5, 0.6) is 11.5 Å². The number of nitrogens with zero attached hydrogens (tertiary/aromatic N) is 3. The van der Waals surface area contributed by atoms with Gasteiger partial charge in [-0.2, -0.15) is 0 Å². The molecule has 1 heterocycles. The zero-order valence-electron chi connectivity index (χ0n) is 16.0. The molecule has 0 atom stereocenters. The van der Waals surface area contributed by atoms with E-state index in [1.54, 1.807) is 6.92 Å². The van der Waals surface area contributed by atoms with E-state index in [-0.39, 0.29) is 34.4 Å². The zero-order chi connectivity index (χ0) is 22.3. The van der Waals surface area contributed by atoms with E-state index in [0.29, 0.717) is 6.61 Å². The van der Waals surface area contributed by atoms with Gasteiger partial charge in [-0.05, 0) is 37.4 Å². The second-order valence-electron chi connectivity index (χ2n) is 5.55. The van der Waals surface area contributed by atoms with Crippen molar-refractivity contribution in [3.63, 3.8) is 0 Å². The Hall–Kier alpha value is -3.83. The lowest BCUT2D eigenvalue weighted by Gasteiger charge is -2.15. The number of aromatic nitrogens is 2. The summed E-state index contributed by atoms with van der Waals surface area (Å²) in [4.78, 5) is 23.9. The summed E-state index contributed by atoms with van der Waals surface area (Å²) < 4.78 is 47.7. The summed E-state index contributed by atoms with van der Waals surface area (Å²) in [6.07, 6.45) is -1.38. The van der Waals surface area contributed by atoms with Crippen molar-refractivity contribution in [3.8, 4) is 22.8 Å². The van der Waals surface area contributed by atoms with Crippen molar-refractivity contribution < 1.29 is 27.4 Å². The third-order valence-electron chi connectivity index (χ3n) is 3.51. The molecule has 0 saturated heterocycles. The first-order valence-electron chi connectivity index (χ1n) is 8.50. The third kappa shape index (κ3) is 5.83. The van der Waals surface area contributed by atoms with Crippen molar-refractivity contribution in [2.24, 2.45) is 10.7 Å². The molecule has 2 aromatic rings. The molecule has 0 aliphatic carbocycles. The number of hydrogen-bond donors (Lipinski definition) is 3. The van der Waals surface area contributed by atoms with Gasteiger partial charge in [-0.1, -0.05) is 0 Å². The number of carbonyl (C=O) groups is 1. The predicted molar refractivity (Wildman–Crippen MR) is 105 cm³/mol. The molecule has 160 valence electrons. The summed E-state index contributed by atoms with van der Waals surface area (Å²) in [5, 5.41) is 2.42. The minimum absolute atomic E-state index is 0.0206. The highest BCUT2D eigenvalue weighted by Crippen LogP contribution is 2.37. The van der Waals surface area contributed by atoms with Gasteiger partial charge in [0.15, 0.2) is 11.6 Å². The van der Waals surface area contributed by atoms with Gasteiger partial charge in [0.05, 0.1) is 18.4 Å². The van der Waals surface area contributed by atoms with Gasteiger partial charge in [-0.15, -0.1) is 13.2 Å². The van der Waals surface area contributed by atoms with Crippen molar-refractivity contribution in [2.75, 3.05) is 24.7 Å². The van der Waals surface area contributed by atoms with Gasteiger partial charge in [-0.25, -0.2) is 9.97 Å². The molecule has 1 aromatic carbocycles. The fourth-order valence-electron chi connectivity index (χ4n) is 2.36. The van der Waals surface area contributed by atoms with E-state index >= 15 is 0 Å². The molecule has 0 bridgehead atoms. The Bertz CT molecular complexity index is 976. The fraction of sp³-hybridized carbons (Fsp3) is 0.222. The number of ether oxygens (including phenoxy) is 2. The summed E-state index contributed by atoms with van der Waals surface area (Å²) in [5.74, 6) is -1.14. The number of nitrogen functional groups attached to an aromatic ring is 1. The van der Waals surface area contributed by atoms with Crippen LogP contribution in [0.15, 0.2) is 41.7 Å². The van der Waals surface area contributed by atoms with Gasteiger partial charge in [0, 0.05) is 7.05 Å². The van der Waals surface area contributed by atoms with E-state index < -0.39 is 18.0 Å². The molecule has 0 aliphatic heterocycles. The standard InChI is InChI=1S/C18H19F3N6O3/c1-3-29-10-4-5-13(30-18(19,20)21)11(8-10)15-16(23)26-14(9-25-15)27-17(28)12(24-2)6-7-22/h4-9H,3,22H2,1-2H3,(H3,23,26,27,28). The average molecular weight is 424 g/mol. The predicted octanol–water partition coefficient (Wildman–Crippen LogP) is 2.50. The lowest BCUT2D eigenvalue weighted by Crippen LogP contribution is -2.22. The van der Waals surface area contributed by atoms with Crippen molar-refractivity contribution in [2.45, 2.75) is 13.3 Å². The number of rotatable bonds is 7. The number of carbonyl (C=O) groups excluding carboxylic acids is 1. The van der Waals surface area contributed by atoms with Gasteiger partial charge >= 0.3 is 6.36 Å². The monoisotopic (exact) mass is 424 g/mol. The van der Waals surface area contributed by atoms with Crippen LogP contribution in [0.2, 0.25) is 0 Å². The lowest BCUT2D eigenvalue weighted by molar-refractivity contribution is -0.274. The Labute approximate surface area is 169 Å². The molecule has 0 unspecified atom stereocenters. The number of aliphatic imine (C=N–C) groups is 1. The van der Waals surface area contributed by atoms with Gasteiger partial charge in [0.25, 0.3) is 5.91 Å². The van der Waals surface area contributed by atoms with E-state index in [0.717, 1.165) is 18.5 Å². The van der Waals surface area contributed by atoms with Gasteiger partial charge in [0.2, 0.25) is 0 Å². The van der Waals surface area contributed by atoms with Gasteiger partial charge in [0.1, 0.15) is 22.9 Å². The van der Waals surface area contributed by atoms with Crippen LogP contribution in [0.1, 0.15) is 6.92 Å². The second-order valence-corrected chi connectivity index (χ2v) is 5.55. The number of hydrogen-bond acceptors (Lipinski definition) is 8. The van der Waals surface area contributed by atoms with Crippen molar-refractivity contribution >= 4 is 23.3 Å². The largest absolute Gasteiger partial charge is 0.573 e. The SMILES string of the molecule is CCOc1ccc(OC(F)(F)F)c(-c2ncc(NC(=O)C(C=CN)=NC)nc2N)c1. The molecule has 5 N–H and O–H groups in total. The summed E-state index contributed by atoms with van der Waals surface area (Å²) in [7, 11) is 1.39. The Kier molecular flexibility index (Phi) is 7.17. The molecular weight excluding hydrogens is 405 g/mol. The first kappa shape index (κ1) is 22.5. The molecule has 30 heavy (non-hydrogen) atoms. The Morgan fingerprint density at radius 3 is 2.67 bits per heavy atom. The number of nitrogens with two attached hydrogens (primary N) is 2. The van der Waals surface area contributed by atoms with Crippen molar-refractivity contribution in [1.29, 1.82) is 0 Å². The van der Waals surface area contributed by atoms with E-state index in [4.69, 9.17) is 16.2 Å². The molecule has 1 aromatic heterocycles. The highest BCUT2D eigenvalue weighted by atomic mass is 19.4. The Balaban J connectivity index is 2.42. The Morgan fingerprint density at radius 2 is 2.10 bits per heavy atom. The van der Waals surface area contributed by atoms with Crippen LogP contribution in [0, 0.1) is 0 Å². The highest BCUT2D eigenvalue weighted by Gasteiger charge is 2.33. The van der Waals surface area contributed by atoms with Crippen LogP contribution in [0.4, 0.5) is 24.8 Å². The maximum atomic E-state index is 12.8. The quantitative estimate of drug-likeness (QED) is 0.581. The maximum Gasteiger partial charge on any atom is 0.573 e. The third-order valence-corrected chi connectivity index (χ3v) is 3.51. The van der Waals surface area contributed by atoms with Gasteiger partial charge in [-0.3, -0.25) is 9.79 Å². The van der Waals surface area contributed by atoms with Crippen LogP contribution in [-0.4, -0.2) is 41.6 Å². The number of halogens is 3. The zero-order valence-corrected chi connectivity index (χ0v) is 16.0. The van der Waals surface area contributed by atoms with E-state index in [1.165, 1.54) is 25.3 Å². The van der Waals surface area contributed by atoms with Crippen LogP contribution < -0.4 is 26.3 Å². The van der Waals surface area contributed by atoms with E-state index in [1.807, 2.05) is 0 Å². The molecule has 1 amide bonds. The summed E-state index contributed by atoms with van der Waals surface area (Å²) in [6.45, 7) is 2.02. The van der Waals surface area contributed by atoms with E-state index in [2.05, 4.69) is 25.0 Å². The molecule has 0 spiro atoms. The number of anilines is 2. The molecular formula is C18H19F3N6O3. The normalized spacial score (nSPS) is 12.1. The first-order chi connectivity index (χ1) is 14.2. The van der Waals surface area contributed by atoms with Crippen LogP contribution in [0.3, 0.4) is 0 Å². The molecule has 0 fully saturated rings. The summed E-state index contributed by atoms with van der Waals surface area (Å²) in [5.41, 5.74) is 11.0. The molecule has 0 aliphatic rings. The summed E-state index contributed by atoms with van der Waals surface area (Å²) in [6, 6.07) is 3.72. The average Bonchev–Trinajstić information content (AvgIpc) is 2.66. The fourth-order valence-corrected chi connectivity index (χ4v) is 2.36. The highest BCUT2D eigenvalue weighted by molar-refractivity contribution is 6.47. The molecule has 0 radical (unpaired) electrons. The van der Waals surface area contributed by atoms with E-state index in [9.17, 15) is 18.0 Å². The minimum Gasteiger partial charge on any atom is -0.494 e.